The minimum absolute atomic E-state index is 0.237. The van der Waals surface area contributed by atoms with Crippen LogP contribution in [0.4, 0.5) is 4.39 Å². The van der Waals surface area contributed by atoms with Crippen LogP contribution in [0.1, 0.15) is 32.0 Å². The van der Waals surface area contributed by atoms with Crippen LogP contribution in [0.5, 0.6) is 0 Å². The number of nitrogens with one attached hydrogen (secondary N) is 1. The summed E-state index contributed by atoms with van der Waals surface area (Å²) in [4.78, 5) is 24.0. The molecule has 0 radical (unpaired) electrons. The lowest BCUT2D eigenvalue weighted by Crippen LogP contribution is -2.24. The maximum Gasteiger partial charge on any atom is 0.348 e. The minimum Gasteiger partial charge on any atom is -0.465 e. The third-order valence-corrected chi connectivity index (χ3v) is 4.07. The van der Waals surface area contributed by atoms with Gasteiger partial charge in [0, 0.05) is 12.1 Å². The second-order valence-electron chi connectivity index (χ2n) is 4.63. The molecule has 1 heterocycles. The largest absolute Gasteiger partial charge is 0.465 e. The molecule has 0 aliphatic heterocycles. The Morgan fingerprint density at radius 1 is 1.23 bits per heavy atom. The topological polar surface area (TPSA) is 55.4 Å². The van der Waals surface area contributed by atoms with E-state index in [1.807, 2.05) is 11.4 Å². The lowest BCUT2D eigenvalue weighted by atomic mass is 10.1. The fraction of sp³-hybridized carbons (Fsp3) is 0.250. The number of methoxy groups -OCH3 is 1. The molecule has 2 aromatic rings. The molecule has 6 heteroatoms. The third kappa shape index (κ3) is 4.14. The fourth-order valence-electron chi connectivity index (χ4n) is 1.99. The van der Waals surface area contributed by atoms with E-state index in [2.05, 4.69) is 5.32 Å². The van der Waals surface area contributed by atoms with Crippen molar-refractivity contribution in [2.24, 2.45) is 0 Å². The van der Waals surface area contributed by atoms with E-state index >= 15 is 0 Å². The summed E-state index contributed by atoms with van der Waals surface area (Å²) in [5.74, 6) is -0.941. The molecule has 22 heavy (non-hydrogen) atoms. The molecule has 1 amide bonds. The lowest BCUT2D eigenvalue weighted by molar-refractivity contribution is 0.0605. The van der Waals surface area contributed by atoms with Crippen LogP contribution >= 0.6 is 11.3 Å². The Morgan fingerprint density at radius 3 is 2.64 bits per heavy atom. The van der Waals surface area contributed by atoms with Gasteiger partial charge < -0.3 is 10.1 Å². The number of hydrogen-bond acceptors (Lipinski definition) is 4. The third-order valence-electron chi connectivity index (χ3n) is 3.13. The van der Waals surface area contributed by atoms with Gasteiger partial charge in [-0.1, -0.05) is 0 Å². The van der Waals surface area contributed by atoms with Crippen LogP contribution in [0.3, 0.4) is 0 Å². The number of hydrogen-bond donors (Lipinski definition) is 1. The van der Waals surface area contributed by atoms with E-state index in [1.54, 1.807) is 0 Å². The van der Waals surface area contributed by atoms with Gasteiger partial charge in [-0.15, -0.1) is 11.3 Å². The molecule has 1 aromatic heterocycles. The number of amides is 1. The maximum atomic E-state index is 12.8. The van der Waals surface area contributed by atoms with Crippen molar-refractivity contribution in [3.63, 3.8) is 0 Å². The number of halogens is 1. The van der Waals surface area contributed by atoms with Gasteiger partial charge in [0.05, 0.1) is 7.11 Å². The van der Waals surface area contributed by atoms with Gasteiger partial charge in [0.15, 0.2) is 0 Å². The van der Waals surface area contributed by atoms with Crippen molar-refractivity contribution in [2.45, 2.75) is 12.8 Å². The maximum absolute atomic E-state index is 12.8. The summed E-state index contributed by atoms with van der Waals surface area (Å²) in [6.45, 7) is 0.479. The minimum atomic E-state index is -0.371. The van der Waals surface area contributed by atoms with Gasteiger partial charge in [0.2, 0.25) is 0 Å². The van der Waals surface area contributed by atoms with E-state index in [1.165, 1.54) is 42.7 Å². The van der Waals surface area contributed by atoms with E-state index in [9.17, 15) is 14.0 Å². The monoisotopic (exact) mass is 321 g/mol. The molecule has 0 bridgehead atoms. The average Bonchev–Trinajstić information content (AvgIpc) is 2.99. The van der Waals surface area contributed by atoms with Crippen molar-refractivity contribution in [1.82, 2.24) is 5.32 Å². The van der Waals surface area contributed by atoms with E-state index in [4.69, 9.17) is 4.74 Å². The Bertz CT molecular complexity index is 652. The molecule has 1 N–H and O–H groups in total. The SMILES string of the molecule is COC(=O)c1sccc1CCCNC(=O)c1ccc(F)cc1. The first kappa shape index (κ1) is 16.2. The van der Waals surface area contributed by atoms with Gasteiger partial charge in [-0.05, 0) is 54.1 Å². The Kier molecular flexibility index (Phi) is 5.66. The van der Waals surface area contributed by atoms with E-state index in [-0.39, 0.29) is 17.7 Å². The first-order valence-corrected chi connectivity index (χ1v) is 7.68. The quantitative estimate of drug-likeness (QED) is 0.657. The Morgan fingerprint density at radius 2 is 1.95 bits per heavy atom. The predicted octanol–water partition coefficient (Wildman–Crippen LogP) is 3.04. The lowest BCUT2D eigenvalue weighted by Gasteiger charge is -2.06. The van der Waals surface area contributed by atoms with Crippen molar-refractivity contribution in [3.8, 4) is 0 Å². The van der Waals surface area contributed by atoms with Crippen molar-refractivity contribution < 1.29 is 18.7 Å². The summed E-state index contributed by atoms with van der Waals surface area (Å²) < 4.78 is 17.5. The number of rotatable bonds is 6. The highest BCUT2D eigenvalue weighted by Gasteiger charge is 2.13. The number of carbonyl (C=O) groups is 2. The molecule has 0 fully saturated rings. The summed E-state index contributed by atoms with van der Waals surface area (Å²) in [6.07, 6.45) is 1.38. The standard InChI is InChI=1S/C16H16FNO3S/c1-21-16(20)14-11(8-10-22-14)3-2-9-18-15(19)12-4-6-13(17)7-5-12/h4-8,10H,2-3,9H2,1H3,(H,18,19). The van der Waals surface area contributed by atoms with Crippen molar-refractivity contribution in [3.05, 3.63) is 57.5 Å². The summed E-state index contributed by atoms with van der Waals surface area (Å²) in [7, 11) is 1.36. The van der Waals surface area contributed by atoms with Crippen molar-refractivity contribution in [1.29, 1.82) is 0 Å². The van der Waals surface area contributed by atoms with E-state index in [0.717, 1.165) is 5.56 Å². The van der Waals surface area contributed by atoms with Gasteiger partial charge in [-0.2, -0.15) is 0 Å². The fourth-order valence-corrected chi connectivity index (χ4v) is 2.86. The van der Waals surface area contributed by atoms with Crippen LogP contribution in [0.25, 0.3) is 0 Å². The molecular formula is C16H16FNO3S. The Balaban J connectivity index is 1.80. The second-order valence-corrected chi connectivity index (χ2v) is 5.55. The number of benzene rings is 1. The average molecular weight is 321 g/mol. The van der Waals surface area contributed by atoms with Gasteiger partial charge in [-0.25, -0.2) is 9.18 Å². The molecule has 0 unspecified atom stereocenters. The van der Waals surface area contributed by atoms with E-state index in [0.29, 0.717) is 29.8 Å². The zero-order valence-corrected chi connectivity index (χ0v) is 12.9. The summed E-state index contributed by atoms with van der Waals surface area (Å²) in [6, 6.07) is 7.28. The predicted molar refractivity (Wildman–Crippen MR) is 82.7 cm³/mol. The van der Waals surface area contributed by atoms with Gasteiger partial charge in [0.1, 0.15) is 10.7 Å². The zero-order valence-electron chi connectivity index (χ0n) is 12.1. The summed E-state index contributed by atoms with van der Waals surface area (Å²) in [5.41, 5.74) is 1.35. The number of ether oxygens (including phenoxy) is 1. The molecule has 0 atom stereocenters. The highest BCUT2D eigenvalue weighted by molar-refractivity contribution is 7.12. The van der Waals surface area contributed by atoms with Crippen LogP contribution < -0.4 is 5.32 Å². The Labute approximate surface area is 131 Å². The van der Waals surface area contributed by atoms with Crippen LogP contribution in [-0.4, -0.2) is 25.5 Å². The number of esters is 1. The first-order valence-electron chi connectivity index (χ1n) is 6.80. The molecule has 0 saturated heterocycles. The smallest absolute Gasteiger partial charge is 0.348 e. The molecular weight excluding hydrogens is 305 g/mol. The summed E-state index contributed by atoms with van der Waals surface area (Å²) in [5, 5.41) is 4.62. The number of thiophene rings is 1. The molecule has 116 valence electrons. The molecule has 4 nitrogen and oxygen atoms in total. The highest BCUT2D eigenvalue weighted by atomic mass is 32.1. The first-order chi connectivity index (χ1) is 10.6. The zero-order chi connectivity index (χ0) is 15.9. The van der Waals surface area contributed by atoms with Gasteiger partial charge in [-0.3, -0.25) is 4.79 Å². The number of carbonyl (C=O) groups excluding carboxylic acids is 2. The molecule has 0 aliphatic carbocycles. The number of aryl methyl sites for hydroxylation is 1. The molecule has 1 aromatic carbocycles. The van der Waals surface area contributed by atoms with Crippen LogP contribution in [0.2, 0.25) is 0 Å². The summed E-state index contributed by atoms with van der Waals surface area (Å²) >= 11 is 1.35. The molecule has 0 aliphatic rings. The van der Waals surface area contributed by atoms with Crippen molar-refractivity contribution >= 4 is 23.2 Å². The molecule has 2 rings (SSSR count). The van der Waals surface area contributed by atoms with Gasteiger partial charge in [0.25, 0.3) is 5.91 Å². The van der Waals surface area contributed by atoms with E-state index < -0.39 is 0 Å². The van der Waals surface area contributed by atoms with Gasteiger partial charge >= 0.3 is 5.97 Å². The highest BCUT2D eigenvalue weighted by Crippen LogP contribution is 2.19. The second kappa shape index (κ2) is 7.70. The van der Waals surface area contributed by atoms with Crippen LogP contribution in [0.15, 0.2) is 35.7 Å². The normalized spacial score (nSPS) is 10.3. The Hall–Kier alpha value is -2.21. The van der Waals surface area contributed by atoms with Crippen LogP contribution in [0, 0.1) is 5.82 Å². The van der Waals surface area contributed by atoms with Crippen molar-refractivity contribution in [2.75, 3.05) is 13.7 Å². The molecule has 0 spiro atoms. The van der Waals surface area contributed by atoms with Crippen LogP contribution in [-0.2, 0) is 11.2 Å². The molecule has 0 saturated carbocycles.